The molecule has 1 aliphatic rings. The van der Waals surface area contributed by atoms with Crippen molar-refractivity contribution in [3.63, 3.8) is 0 Å². The molecule has 0 bridgehead atoms. The van der Waals surface area contributed by atoms with Crippen molar-refractivity contribution in [2.45, 2.75) is 56.6 Å². The maximum absolute atomic E-state index is 12.2. The van der Waals surface area contributed by atoms with Gasteiger partial charge in [-0.1, -0.05) is 5.16 Å². The Kier molecular flexibility index (Phi) is 3.74. The van der Waals surface area contributed by atoms with E-state index in [0.717, 1.165) is 19.3 Å². The zero-order valence-electron chi connectivity index (χ0n) is 10.5. The van der Waals surface area contributed by atoms with E-state index < -0.39 is 16.1 Å². The third-order valence-corrected chi connectivity index (χ3v) is 4.97. The van der Waals surface area contributed by atoms with Crippen LogP contribution in [0.25, 0.3) is 0 Å². The van der Waals surface area contributed by atoms with Crippen molar-refractivity contribution in [2.75, 3.05) is 0 Å². The average Bonchev–Trinajstić information content (AvgIpc) is 2.58. The number of hydrogen-bond acceptors (Lipinski definition) is 5. The third-order valence-electron chi connectivity index (χ3n) is 3.20. The lowest BCUT2D eigenvalue weighted by Crippen LogP contribution is -2.39. The highest BCUT2D eigenvalue weighted by molar-refractivity contribution is 7.89. The number of aryl methyl sites for hydroxylation is 2. The molecule has 1 aromatic rings. The van der Waals surface area contributed by atoms with Gasteiger partial charge in [-0.15, -0.1) is 0 Å². The standard InChI is InChI=1S/C11H18N2O4S/c1-7-11(8(2)17-12-7)18(15,16)13-9-4-3-5-10(14)6-9/h9-10,13-14H,3-6H2,1-2H3/t9-,10+/m0/s1. The molecule has 0 unspecified atom stereocenters. The van der Waals surface area contributed by atoms with Crippen LogP contribution < -0.4 is 4.72 Å². The van der Waals surface area contributed by atoms with Crippen LogP contribution in [0.15, 0.2) is 9.42 Å². The van der Waals surface area contributed by atoms with Crippen LogP contribution in [0.3, 0.4) is 0 Å². The van der Waals surface area contributed by atoms with Crippen LogP contribution in [-0.4, -0.2) is 30.8 Å². The lowest BCUT2D eigenvalue weighted by molar-refractivity contribution is 0.117. The Morgan fingerprint density at radius 2 is 2.11 bits per heavy atom. The monoisotopic (exact) mass is 274 g/mol. The molecule has 1 heterocycles. The Balaban J connectivity index is 2.17. The summed E-state index contributed by atoms with van der Waals surface area (Å²) in [6.07, 6.45) is 2.36. The van der Waals surface area contributed by atoms with E-state index in [1.165, 1.54) is 0 Å². The van der Waals surface area contributed by atoms with E-state index in [1.54, 1.807) is 13.8 Å². The quantitative estimate of drug-likeness (QED) is 0.853. The molecule has 7 heteroatoms. The van der Waals surface area contributed by atoms with Crippen molar-refractivity contribution >= 4 is 10.0 Å². The fourth-order valence-corrected chi connectivity index (χ4v) is 4.02. The first-order chi connectivity index (χ1) is 8.40. The number of nitrogens with zero attached hydrogens (tertiary/aromatic N) is 1. The molecule has 1 fully saturated rings. The lowest BCUT2D eigenvalue weighted by atomic mass is 9.94. The van der Waals surface area contributed by atoms with E-state index in [1.807, 2.05) is 0 Å². The zero-order valence-corrected chi connectivity index (χ0v) is 11.3. The first-order valence-corrected chi connectivity index (χ1v) is 7.51. The van der Waals surface area contributed by atoms with Gasteiger partial charge in [0.2, 0.25) is 10.0 Å². The van der Waals surface area contributed by atoms with E-state index in [9.17, 15) is 13.5 Å². The maximum atomic E-state index is 12.2. The molecule has 18 heavy (non-hydrogen) atoms. The highest BCUT2D eigenvalue weighted by atomic mass is 32.2. The Morgan fingerprint density at radius 3 is 2.67 bits per heavy atom. The third kappa shape index (κ3) is 2.73. The maximum Gasteiger partial charge on any atom is 0.246 e. The second-order valence-corrected chi connectivity index (χ2v) is 6.44. The van der Waals surface area contributed by atoms with Crippen molar-refractivity contribution in [3.05, 3.63) is 11.5 Å². The predicted octanol–water partition coefficient (Wildman–Crippen LogP) is 0.873. The molecule has 2 rings (SSSR count). The second kappa shape index (κ2) is 4.99. The van der Waals surface area contributed by atoms with Gasteiger partial charge in [0.15, 0.2) is 5.76 Å². The van der Waals surface area contributed by atoms with Gasteiger partial charge >= 0.3 is 0 Å². The van der Waals surface area contributed by atoms with Crippen LogP contribution in [0.4, 0.5) is 0 Å². The minimum atomic E-state index is -3.62. The van der Waals surface area contributed by atoms with Gasteiger partial charge in [0.25, 0.3) is 0 Å². The highest BCUT2D eigenvalue weighted by Gasteiger charge is 2.29. The summed E-state index contributed by atoms with van der Waals surface area (Å²) in [5, 5.41) is 13.2. The second-order valence-electron chi connectivity index (χ2n) is 4.79. The Labute approximate surface area is 106 Å². The smallest absolute Gasteiger partial charge is 0.246 e. The minimum absolute atomic E-state index is 0.113. The van der Waals surface area contributed by atoms with Crippen molar-refractivity contribution in [1.82, 2.24) is 9.88 Å². The summed E-state index contributed by atoms with van der Waals surface area (Å²) in [6.45, 7) is 3.17. The largest absolute Gasteiger partial charge is 0.393 e. The molecule has 0 spiro atoms. The summed E-state index contributed by atoms with van der Waals surface area (Å²) >= 11 is 0. The Hall–Kier alpha value is -0.920. The molecule has 102 valence electrons. The van der Waals surface area contributed by atoms with Gasteiger partial charge in [0, 0.05) is 6.04 Å². The first-order valence-electron chi connectivity index (χ1n) is 6.03. The van der Waals surface area contributed by atoms with Crippen LogP contribution in [0.1, 0.15) is 37.1 Å². The number of aliphatic hydroxyl groups excluding tert-OH is 1. The van der Waals surface area contributed by atoms with E-state index in [0.29, 0.717) is 12.1 Å². The average molecular weight is 274 g/mol. The summed E-state index contributed by atoms with van der Waals surface area (Å²) in [5.74, 6) is 0.288. The molecule has 0 aromatic carbocycles. The van der Waals surface area contributed by atoms with Gasteiger partial charge in [-0.05, 0) is 39.5 Å². The van der Waals surface area contributed by atoms with Crippen LogP contribution in [0.5, 0.6) is 0 Å². The number of rotatable bonds is 3. The molecular formula is C11H18N2O4S. The van der Waals surface area contributed by atoms with Gasteiger partial charge in [-0.2, -0.15) is 0 Å². The van der Waals surface area contributed by atoms with E-state index in [-0.39, 0.29) is 16.7 Å². The number of aromatic nitrogens is 1. The summed E-state index contributed by atoms with van der Waals surface area (Å²) < 4.78 is 31.9. The molecule has 0 amide bonds. The molecule has 1 saturated carbocycles. The van der Waals surface area contributed by atoms with Gasteiger partial charge in [0.05, 0.1) is 6.10 Å². The molecular weight excluding hydrogens is 256 g/mol. The normalized spacial score (nSPS) is 25.3. The predicted molar refractivity (Wildman–Crippen MR) is 64.6 cm³/mol. The molecule has 6 nitrogen and oxygen atoms in total. The van der Waals surface area contributed by atoms with Crippen molar-refractivity contribution < 1.29 is 18.0 Å². The van der Waals surface area contributed by atoms with Crippen LogP contribution >= 0.6 is 0 Å². The molecule has 0 radical (unpaired) electrons. The van der Waals surface area contributed by atoms with Gasteiger partial charge in [0.1, 0.15) is 10.6 Å². The van der Waals surface area contributed by atoms with E-state index in [2.05, 4.69) is 9.88 Å². The Morgan fingerprint density at radius 1 is 1.39 bits per heavy atom. The lowest BCUT2D eigenvalue weighted by Gasteiger charge is -2.26. The fourth-order valence-electron chi connectivity index (χ4n) is 2.41. The summed E-state index contributed by atoms with van der Waals surface area (Å²) in [5.41, 5.74) is 0.358. The summed E-state index contributed by atoms with van der Waals surface area (Å²) in [6, 6.07) is -0.215. The highest BCUT2D eigenvalue weighted by Crippen LogP contribution is 2.23. The van der Waals surface area contributed by atoms with E-state index >= 15 is 0 Å². The molecule has 2 atom stereocenters. The van der Waals surface area contributed by atoms with Crippen LogP contribution in [0, 0.1) is 13.8 Å². The number of aliphatic hydroxyl groups is 1. The number of sulfonamides is 1. The van der Waals surface area contributed by atoms with Crippen LogP contribution in [0.2, 0.25) is 0 Å². The van der Waals surface area contributed by atoms with Crippen molar-refractivity contribution in [2.24, 2.45) is 0 Å². The van der Waals surface area contributed by atoms with Gasteiger partial charge in [-0.25, -0.2) is 13.1 Å². The summed E-state index contributed by atoms with van der Waals surface area (Å²) in [7, 11) is -3.62. The van der Waals surface area contributed by atoms with Gasteiger partial charge < -0.3 is 9.63 Å². The molecule has 2 N–H and O–H groups in total. The van der Waals surface area contributed by atoms with E-state index in [4.69, 9.17) is 4.52 Å². The number of hydrogen-bond donors (Lipinski definition) is 2. The first kappa shape index (κ1) is 13.5. The zero-order chi connectivity index (χ0) is 13.3. The molecule has 0 saturated heterocycles. The topological polar surface area (TPSA) is 92.4 Å². The fraction of sp³-hybridized carbons (Fsp3) is 0.727. The molecule has 1 aliphatic carbocycles. The summed E-state index contributed by atoms with van der Waals surface area (Å²) in [4.78, 5) is 0.113. The minimum Gasteiger partial charge on any atom is -0.393 e. The molecule has 0 aliphatic heterocycles. The van der Waals surface area contributed by atoms with Crippen molar-refractivity contribution in [1.29, 1.82) is 0 Å². The number of nitrogens with one attached hydrogen (secondary N) is 1. The van der Waals surface area contributed by atoms with Gasteiger partial charge in [-0.3, -0.25) is 0 Å². The van der Waals surface area contributed by atoms with Crippen molar-refractivity contribution in [3.8, 4) is 0 Å². The molecule has 1 aromatic heterocycles. The SMILES string of the molecule is Cc1noc(C)c1S(=O)(=O)N[C@H]1CCC[C@@H](O)C1. The van der Waals surface area contributed by atoms with Crippen LogP contribution in [-0.2, 0) is 10.0 Å². The Bertz CT molecular complexity index is 504.